The maximum Gasteiger partial charge on any atom is 0.220 e. The molecule has 0 atom stereocenters. The van der Waals surface area contributed by atoms with Gasteiger partial charge in [-0.25, -0.2) is 0 Å². The highest BCUT2D eigenvalue weighted by Gasteiger charge is 2.37. The number of nitrogens with two attached hydrogens (primary N) is 1. The quantitative estimate of drug-likeness (QED) is 0.776. The topological polar surface area (TPSA) is 60.1 Å². The van der Waals surface area contributed by atoms with Crippen molar-refractivity contribution in [2.75, 3.05) is 13.1 Å². The second kappa shape index (κ2) is 5.36. The molecular weight excluding hydrogens is 214 g/mol. The molecule has 0 spiro atoms. The Morgan fingerprint density at radius 1 is 1.35 bits per heavy atom. The van der Waals surface area contributed by atoms with Gasteiger partial charge in [-0.15, -0.1) is 0 Å². The molecule has 0 aromatic carbocycles. The van der Waals surface area contributed by atoms with Gasteiger partial charge in [-0.3, -0.25) is 4.79 Å². The van der Waals surface area contributed by atoms with Crippen LogP contribution in [-0.4, -0.2) is 23.6 Å². The van der Waals surface area contributed by atoms with E-state index >= 15 is 0 Å². The molecular formula is C13H21N3O. The molecule has 0 saturated heterocycles. The van der Waals surface area contributed by atoms with Crippen LogP contribution in [0.2, 0.25) is 0 Å². The zero-order chi connectivity index (χ0) is 12.1. The second-order valence-corrected chi connectivity index (χ2v) is 5.01. The molecule has 4 heteroatoms. The van der Waals surface area contributed by atoms with Gasteiger partial charge >= 0.3 is 0 Å². The van der Waals surface area contributed by atoms with Crippen molar-refractivity contribution >= 4 is 5.91 Å². The van der Waals surface area contributed by atoms with Gasteiger partial charge < -0.3 is 15.6 Å². The number of nitrogens with zero attached hydrogens (tertiary/aromatic N) is 1. The maximum absolute atomic E-state index is 11.8. The summed E-state index contributed by atoms with van der Waals surface area (Å²) in [6.07, 6.45) is 8.02. The molecule has 0 bridgehead atoms. The zero-order valence-electron chi connectivity index (χ0n) is 10.2. The van der Waals surface area contributed by atoms with Gasteiger partial charge in [0.05, 0.1) is 0 Å². The van der Waals surface area contributed by atoms with Crippen LogP contribution >= 0.6 is 0 Å². The first-order valence-corrected chi connectivity index (χ1v) is 6.32. The van der Waals surface area contributed by atoms with Crippen LogP contribution in [0.15, 0.2) is 24.5 Å². The SMILES string of the molecule is NCC1(CC(=O)NCCn2cccc2)CCC1. The third-order valence-corrected chi connectivity index (χ3v) is 3.74. The molecule has 0 unspecified atom stereocenters. The molecule has 1 saturated carbocycles. The number of nitrogens with one attached hydrogen (secondary N) is 1. The van der Waals surface area contributed by atoms with Gasteiger partial charge in [-0.05, 0) is 36.9 Å². The molecule has 1 aromatic heterocycles. The molecule has 1 amide bonds. The van der Waals surface area contributed by atoms with Crippen molar-refractivity contribution in [1.82, 2.24) is 9.88 Å². The van der Waals surface area contributed by atoms with Crippen molar-refractivity contribution in [1.29, 1.82) is 0 Å². The molecule has 1 aromatic rings. The van der Waals surface area contributed by atoms with Crippen molar-refractivity contribution in [3.63, 3.8) is 0 Å². The van der Waals surface area contributed by atoms with E-state index in [1.807, 2.05) is 24.5 Å². The van der Waals surface area contributed by atoms with E-state index < -0.39 is 0 Å². The second-order valence-electron chi connectivity index (χ2n) is 5.01. The van der Waals surface area contributed by atoms with E-state index in [-0.39, 0.29) is 11.3 Å². The Bertz CT molecular complexity index is 349. The monoisotopic (exact) mass is 235 g/mol. The molecule has 1 heterocycles. The third kappa shape index (κ3) is 3.09. The van der Waals surface area contributed by atoms with Crippen molar-refractivity contribution in [2.45, 2.75) is 32.2 Å². The highest BCUT2D eigenvalue weighted by atomic mass is 16.1. The van der Waals surface area contributed by atoms with Gasteiger partial charge in [-0.2, -0.15) is 0 Å². The lowest BCUT2D eigenvalue weighted by Gasteiger charge is -2.40. The number of amides is 1. The predicted octanol–water partition coefficient (Wildman–Crippen LogP) is 1.12. The summed E-state index contributed by atoms with van der Waals surface area (Å²) < 4.78 is 2.06. The minimum Gasteiger partial charge on any atom is -0.354 e. The largest absolute Gasteiger partial charge is 0.354 e. The molecule has 4 nitrogen and oxygen atoms in total. The first-order valence-electron chi connectivity index (χ1n) is 6.32. The Kier molecular flexibility index (Phi) is 3.84. The molecule has 17 heavy (non-hydrogen) atoms. The number of aromatic nitrogens is 1. The summed E-state index contributed by atoms with van der Waals surface area (Å²) in [5, 5.41) is 2.96. The number of carbonyl (C=O) groups is 1. The molecule has 2 rings (SSSR count). The average Bonchev–Trinajstić information content (AvgIpc) is 2.76. The number of carbonyl (C=O) groups excluding carboxylic acids is 1. The van der Waals surface area contributed by atoms with Crippen LogP contribution in [0.5, 0.6) is 0 Å². The van der Waals surface area contributed by atoms with Crippen molar-refractivity contribution in [3.8, 4) is 0 Å². The Labute approximate surface area is 102 Å². The minimum absolute atomic E-state index is 0.109. The van der Waals surface area contributed by atoms with E-state index in [9.17, 15) is 4.79 Å². The summed E-state index contributed by atoms with van der Waals surface area (Å²) >= 11 is 0. The van der Waals surface area contributed by atoms with Crippen LogP contribution in [0, 0.1) is 5.41 Å². The highest BCUT2D eigenvalue weighted by molar-refractivity contribution is 5.76. The average molecular weight is 235 g/mol. The molecule has 94 valence electrons. The van der Waals surface area contributed by atoms with Crippen LogP contribution in [0.3, 0.4) is 0 Å². The number of hydrogen-bond acceptors (Lipinski definition) is 2. The molecule has 0 radical (unpaired) electrons. The molecule has 1 aliphatic rings. The van der Waals surface area contributed by atoms with E-state index in [0.717, 1.165) is 19.4 Å². The van der Waals surface area contributed by atoms with E-state index in [1.54, 1.807) is 0 Å². The van der Waals surface area contributed by atoms with Gasteiger partial charge in [0, 0.05) is 31.9 Å². The van der Waals surface area contributed by atoms with Crippen LogP contribution in [0.4, 0.5) is 0 Å². The smallest absolute Gasteiger partial charge is 0.220 e. The van der Waals surface area contributed by atoms with Crippen molar-refractivity contribution < 1.29 is 4.79 Å². The summed E-state index contributed by atoms with van der Waals surface area (Å²) in [5.41, 5.74) is 5.85. The summed E-state index contributed by atoms with van der Waals surface area (Å²) in [7, 11) is 0. The third-order valence-electron chi connectivity index (χ3n) is 3.74. The first-order chi connectivity index (χ1) is 8.24. The van der Waals surface area contributed by atoms with E-state index in [4.69, 9.17) is 5.73 Å². The van der Waals surface area contributed by atoms with Crippen LogP contribution in [-0.2, 0) is 11.3 Å². The Balaban J connectivity index is 1.67. The lowest BCUT2D eigenvalue weighted by atomic mass is 9.66. The van der Waals surface area contributed by atoms with Crippen molar-refractivity contribution in [2.24, 2.45) is 11.1 Å². The molecule has 0 aliphatic heterocycles. The fourth-order valence-corrected chi connectivity index (χ4v) is 2.38. The fourth-order valence-electron chi connectivity index (χ4n) is 2.38. The summed E-state index contributed by atoms with van der Waals surface area (Å²) in [6.45, 7) is 2.15. The first kappa shape index (κ1) is 12.2. The summed E-state index contributed by atoms with van der Waals surface area (Å²) in [5.74, 6) is 0.141. The molecule has 3 N–H and O–H groups in total. The molecule has 1 aliphatic carbocycles. The fraction of sp³-hybridized carbons (Fsp3) is 0.615. The van der Waals surface area contributed by atoms with E-state index in [0.29, 0.717) is 19.5 Å². The van der Waals surface area contributed by atoms with Gasteiger partial charge in [0.1, 0.15) is 0 Å². The lowest BCUT2D eigenvalue weighted by Crippen LogP contribution is -2.42. The number of hydrogen-bond donors (Lipinski definition) is 2. The van der Waals surface area contributed by atoms with Gasteiger partial charge in [0.25, 0.3) is 0 Å². The summed E-state index contributed by atoms with van der Waals surface area (Å²) in [4.78, 5) is 11.8. The highest BCUT2D eigenvalue weighted by Crippen LogP contribution is 2.42. The van der Waals surface area contributed by atoms with Gasteiger partial charge in [0.15, 0.2) is 0 Å². The lowest BCUT2D eigenvalue weighted by molar-refractivity contribution is -0.124. The predicted molar refractivity (Wildman–Crippen MR) is 67.4 cm³/mol. The van der Waals surface area contributed by atoms with Gasteiger partial charge in [0.2, 0.25) is 5.91 Å². The van der Waals surface area contributed by atoms with Crippen molar-refractivity contribution in [3.05, 3.63) is 24.5 Å². The number of rotatable bonds is 6. The minimum atomic E-state index is 0.109. The van der Waals surface area contributed by atoms with Crippen LogP contribution < -0.4 is 11.1 Å². The van der Waals surface area contributed by atoms with Gasteiger partial charge in [-0.1, -0.05) is 6.42 Å². The Morgan fingerprint density at radius 2 is 2.06 bits per heavy atom. The Morgan fingerprint density at radius 3 is 2.59 bits per heavy atom. The van der Waals surface area contributed by atoms with E-state index in [2.05, 4.69) is 9.88 Å². The van der Waals surface area contributed by atoms with Crippen LogP contribution in [0.25, 0.3) is 0 Å². The normalized spacial score (nSPS) is 17.5. The molecule has 1 fully saturated rings. The van der Waals surface area contributed by atoms with Crippen LogP contribution in [0.1, 0.15) is 25.7 Å². The summed E-state index contributed by atoms with van der Waals surface area (Å²) in [6, 6.07) is 3.97. The standard InChI is InChI=1S/C13H21N3O/c14-11-13(4-3-5-13)10-12(17)15-6-9-16-7-1-2-8-16/h1-2,7-8H,3-6,9-11,14H2,(H,15,17). The Hall–Kier alpha value is -1.29. The maximum atomic E-state index is 11.8. The zero-order valence-corrected chi connectivity index (χ0v) is 10.2. The van der Waals surface area contributed by atoms with E-state index in [1.165, 1.54) is 6.42 Å².